The molecule has 0 unspecified atom stereocenters. The summed E-state index contributed by atoms with van der Waals surface area (Å²) in [6, 6.07) is 37.6. The van der Waals surface area contributed by atoms with E-state index < -0.39 is 0 Å². The van der Waals surface area contributed by atoms with Crippen LogP contribution < -0.4 is 0 Å². The van der Waals surface area contributed by atoms with Crippen LogP contribution in [0.15, 0.2) is 130 Å². The molecule has 9 rings (SSSR count). The first kappa shape index (κ1) is 21.5. The molecule has 0 N–H and O–H groups in total. The number of benzene rings is 5. The maximum atomic E-state index is 6.01. The summed E-state index contributed by atoms with van der Waals surface area (Å²) in [6.07, 6.45) is 3.89. The molecule has 0 aliphatic heterocycles. The van der Waals surface area contributed by atoms with E-state index in [2.05, 4.69) is 60.7 Å². The van der Waals surface area contributed by atoms with Crippen LogP contribution in [0.4, 0.5) is 0 Å². The minimum absolute atomic E-state index is 0.893. The molecule has 4 heteroatoms. The zero-order chi connectivity index (χ0) is 26.2. The maximum absolute atomic E-state index is 6.01. The molecule has 0 aliphatic rings. The summed E-state index contributed by atoms with van der Waals surface area (Å²) in [5.74, 6) is 0. The first-order chi connectivity index (χ1) is 19.8. The number of rotatable bonds is 2. The number of para-hydroxylation sites is 2. The Balaban J connectivity index is 1.14. The zero-order valence-electron chi connectivity index (χ0n) is 21.3. The van der Waals surface area contributed by atoms with Gasteiger partial charge in [0.1, 0.15) is 22.3 Å². The second-order valence-electron chi connectivity index (χ2n) is 10.3. The molecule has 0 radical (unpaired) electrons. The van der Waals surface area contributed by atoms with Gasteiger partial charge in [-0.2, -0.15) is 0 Å². The third-order valence-electron chi connectivity index (χ3n) is 7.92. The van der Waals surface area contributed by atoms with Gasteiger partial charge in [-0.15, -0.1) is 0 Å². The number of fused-ring (bicyclic) bond motifs is 9. The minimum atomic E-state index is 0.893. The van der Waals surface area contributed by atoms with Crippen molar-refractivity contribution >= 4 is 65.7 Å². The maximum Gasteiger partial charge on any atom is 0.135 e. The molecule has 0 fully saturated rings. The lowest BCUT2D eigenvalue weighted by atomic mass is 10.0. The molecule has 0 bridgehead atoms. The summed E-state index contributed by atoms with van der Waals surface area (Å²) < 4.78 is 12.0. The summed E-state index contributed by atoms with van der Waals surface area (Å²) in [7, 11) is 0. The summed E-state index contributed by atoms with van der Waals surface area (Å²) in [5, 5.41) is 6.60. The van der Waals surface area contributed by atoms with Gasteiger partial charge >= 0.3 is 0 Å². The first-order valence-electron chi connectivity index (χ1n) is 13.3. The van der Waals surface area contributed by atoms with Gasteiger partial charge < -0.3 is 8.83 Å². The minimum Gasteiger partial charge on any atom is -0.456 e. The van der Waals surface area contributed by atoms with Crippen LogP contribution in [-0.4, -0.2) is 9.97 Å². The van der Waals surface area contributed by atoms with Crippen LogP contribution in [0.2, 0.25) is 0 Å². The van der Waals surface area contributed by atoms with Gasteiger partial charge in [-0.25, -0.2) is 0 Å². The van der Waals surface area contributed by atoms with E-state index in [4.69, 9.17) is 18.8 Å². The van der Waals surface area contributed by atoms with Crippen molar-refractivity contribution in [3.8, 4) is 22.3 Å². The van der Waals surface area contributed by atoms with Crippen molar-refractivity contribution < 1.29 is 8.83 Å². The molecule has 0 atom stereocenters. The third kappa shape index (κ3) is 3.13. The molecule has 4 nitrogen and oxygen atoms in total. The molecule has 0 amide bonds. The van der Waals surface area contributed by atoms with Crippen LogP contribution in [0.1, 0.15) is 0 Å². The number of pyridine rings is 2. The fourth-order valence-corrected chi connectivity index (χ4v) is 5.92. The highest BCUT2D eigenvalue weighted by Gasteiger charge is 2.12. The van der Waals surface area contributed by atoms with E-state index in [1.807, 2.05) is 60.9 Å². The van der Waals surface area contributed by atoms with Crippen molar-refractivity contribution in [3.63, 3.8) is 0 Å². The van der Waals surface area contributed by atoms with E-state index in [1.54, 1.807) is 0 Å². The lowest BCUT2D eigenvalue weighted by Crippen LogP contribution is -1.89. The lowest BCUT2D eigenvalue weighted by Gasteiger charge is -2.08. The van der Waals surface area contributed by atoms with Crippen molar-refractivity contribution in [1.82, 2.24) is 9.97 Å². The van der Waals surface area contributed by atoms with E-state index in [-0.39, 0.29) is 0 Å². The van der Waals surface area contributed by atoms with Gasteiger partial charge in [0.2, 0.25) is 0 Å². The number of hydrogen-bond donors (Lipinski definition) is 0. The smallest absolute Gasteiger partial charge is 0.135 e. The number of furan rings is 2. The fourth-order valence-electron chi connectivity index (χ4n) is 5.92. The molecule has 5 aromatic carbocycles. The highest BCUT2D eigenvalue weighted by Crippen LogP contribution is 2.35. The highest BCUT2D eigenvalue weighted by molar-refractivity contribution is 6.09. The van der Waals surface area contributed by atoms with Crippen molar-refractivity contribution in [1.29, 1.82) is 0 Å². The molecule has 0 spiro atoms. The normalized spacial score (nSPS) is 12.0. The fraction of sp³-hybridized carbons (Fsp3) is 0. The third-order valence-corrected chi connectivity index (χ3v) is 7.92. The van der Waals surface area contributed by atoms with Crippen LogP contribution >= 0.6 is 0 Å². The second-order valence-corrected chi connectivity index (χ2v) is 10.3. The molecule has 40 heavy (non-hydrogen) atoms. The Bertz CT molecular complexity index is 2280. The van der Waals surface area contributed by atoms with Crippen LogP contribution in [0.25, 0.3) is 87.9 Å². The quantitative estimate of drug-likeness (QED) is 0.216. The molecule has 0 saturated carbocycles. The predicted octanol–water partition coefficient (Wildman–Crippen LogP) is 9.92. The molecular weight excluding hydrogens is 492 g/mol. The van der Waals surface area contributed by atoms with Crippen molar-refractivity contribution in [2.75, 3.05) is 0 Å². The van der Waals surface area contributed by atoms with Crippen molar-refractivity contribution in [2.45, 2.75) is 0 Å². The van der Waals surface area contributed by atoms with E-state index >= 15 is 0 Å². The van der Waals surface area contributed by atoms with Crippen molar-refractivity contribution in [2.24, 2.45) is 0 Å². The van der Waals surface area contributed by atoms with Gasteiger partial charge in [0.15, 0.2) is 0 Å². The van der Waals surface area contributed by atoms with Gasteiger partial charge in [0.25, 0.3) is 0 Å². The van der Waals surface area contributed by atoms with Crippen LogP contribution in [-0.2, 0) is 0 Å². The number of nitrogens with zero attached hydrogens (tertiary/aromatic N) is 2. The number of aromatic nitrogens is 2. The Morgan fingerprint density at radius 3 is 1.32 bits per heavy atom. The van der Waals surface area contributed by atoms with E-state index in [1.165, 1.54) is 0 Å². The molecule has 0 saturated heterocycles. The first-order valence-corrected chi connectivity index (χ1v) is 13.3. The Morgan fingerprint density at radius 2 is 0.825 bits per heavy atom. The summed E-state index contributed by atoms with van der Waals surface area (Å²) >= 11 is 0. The summed E-state index contributed by atoms with van der Waals surface area (Å²) in [5.41, 5.74) is 9.75. The van der Waals surface area contributed by atoms with Crippen molar-refractivity contribution in [3.05, 3.63) is 122 Å². The molecule has 4 aromatic heterocycles. The topological polar surface area (TPSA) is 52.1 Å². The standard InChI is InChI=1S/C36H20N2O2/c1-3-7-31-27(5-1)29-17-21(11-13-33(29)39-31)25-15-23-9-10-24-16-26(20-38-36(24)35(23)37-19-25)22-12-14-34-30(18-22)28-6-2-4-8-32(28)40-34/h1-20H. The predicted molar refractivity (Wildman–Crippen MR) is 162 cm³/mol. The van der Waals surface area contributed by atoms with Gasteiger partial charge in [-0.3, -0.25) is 9.97 Å². The molecule has 0 aliphatic carbocycles. The second kappa shape index (κ2) is 8.01. The average Bonchev–Trinajstić information content (AvgIpc) is 3.58. The average molecular weight is 513 g/mol. The van der Waals surface area contributed by atoms with E-state index in [9.17, 15) is 0 Å². The lowest BCUT2D eigenvalue weighted by molar-refractivity contribution is 0.668. The van der Waals surface area contributed by atoms with E-state index in [0.29, 0.717) is 0 Å². The molecule has 186 valence electrons. The molecular formula is C36H20N2O2. The molecule has 9 aromatic rings. The van der Waals surface area contributed by atoms with Crippen LogP contribution in [0, 0.1) is 0 Å². The van der Waals surface area contributed by atoms with E-state index in [0.717, 1.165) is 87.9 Å². The SMILES string of the molecule is c1ccc2c(c1)oc1ccc(-c3cnc4c(ccc5cc(-c6ccc7oc8ccccc8c7c6)cnc54)c3)cc12. The van der Waals surface area contributed by atoms with Gasteiger partial charge in [0, 0.05) is 55.8 Å². The van der Waals surface area contributed by atoms with Gasteiger partial charge in [-0.05, 0) is 59.7 Å². The van der Waals surface area contributed by atoms with Gasteiger partial charge in [0.05, 0.1) is 11.0 Å². The molecule has 4 heterocycles. The Labute approximate surface area is 228 Å². The van der Waals surface area contributed by atoms with Gasteiger partial charge in [-0.1, -0.05) is 60.7 Å². The van der Waals surface area contributed by atoms with Crippen LogP contribution in [0.3, 0.4) is 0 Å². The Hall–Kier alpha value is -5.48. The highest BCUT2D eigenvalue weighted by atomic mass is 16.3. The zero-order valence-corrected chi connectivity index (χ0v) is 21.3. The Kier molecular flexibility index (Phi) is 4.30. The summed E-state index contributed by atoms with van der Waals surface area (Å²) in [4.78, 5) is 9.78. The largest absolute Gasteiger partial charge is 0.456 e. The Morgan fingerprint density at radius 1 is 0.375 bits per heavy atom. The summed E-state index contributed by atoms with van der Waals surface area (Å²) in [6.45, 7) is 0. The van der Waals surface area contributed by atoms with Crippen LogP contribution in [0.5, 0.6) is 0 Å². The monoisotopic (exact) mass is 512 g/mol. The number of hydrogen-bond acceptors (Lipinski definition) is 4.